The van der Waals surface area contributed by atoms with E-state index in [0.717, 1.165) is 22.1 Å². The Kier molecular flexibility index (Phi) is 5.38. The number of rotatable bonds is 6. The molecule has 7 nitrogen and oxygen atoms in total. The van der Waals surface area contributed by atoms with E-state index >= 15 is 0 Å². The van der Waals surface area contributed by atoms with E-state index in [0.29, 0.717) is 24.2 Å². The number of amides is 1. The fourth-order valence-corrected chi connectivity index (χ4v) is 4.61. The molecule has 3 aromatic heterocycles. The number of Topliss-reactive ketones (excluding diaryl/α,β-unsaturated/α-hetero) is 1. The molecule has 0 bridgehead atoms. The highest BCUT2D eigenvalue weighted by Gasteiger charge is 2.61. The predicted octanol–water partition coefficient (Wildman–Crippen LogP) is 5.37. The van der Waals surface area contributed by atoms with Gasteiger partial charge in [-0.1, -0.05) is 19.1 Å². The second kappa shape index (κ2) is 8.18. The molecule has 0 saturated heterocycles. The van der Waals surface area contributed by atoms with Crippen molar-refractivity contribution in [2.45, 2.75) is 46.0 Å². The van der Waals surface area contributed by atoms with Crippen LogP contribution >= 0.6 is 0 Å². The monoisotopic (exact) mass is 479 g/mol. The molecule has 5 rings (SSSR count). The van der Waals surface area contributed by atoms with Crippen molar-refractivity contribution in [1.29, 1.82) is 0 Å². The summed E-state index contributed by atoms with van der Waals surface area (Å²) in [6.07, 6.45) is 9.70. The smallest absolute Gasteiger partial charge is 0.260 e. The van der Waals surface area contributed by atoms with Gasteiger partial charge in [0, 0.05) is 55.3 Å². The van der Waals surface area contributed by atoms with Crippen molar-refractivity contribution in [1.82, 2.24) is 19.7 Å². The lowest BCUT2D eigenvalue weighted by molar-refractivity contribution is -0.125. The molecule has 182 valence electrons. The second-order valence-corrected chi connectivity index (χ2v) is 9.42. The van der Waals surface area contributed by atoms with Crippen LogP contribution in [0.2, 0.25) is 0 Å². The molecular weight excluding hydrogens is 452 g/mol. The number of carbonyl (C=O) groups excluding carboxylic acids is 2. The third-order valence-electron chi connectivity index (χ3n) is 6.73. The summed E-state index contributed by atoms with van der Waals surface area (Å²) < 4.78 is 28.1. The standard InChI is InChI=1S/C26H25F2N5O2.H2/c1-4-21(34)25(3)7-6-17(15(2)12-25)18-10-16-14-29-22(32-24(35)19-13-26(19,27)28)11-20(16)31-23(18)33-9-5-8-30-33;/h5-6,8-12,14,19H,4,7,13H2,1-3H3,(H,29,32,35);1H/t19-,25?;/m1./s1. The molecule has 2 atom stereocenters. The number of nitrogens with one attached hydrogen (secondary N) is 1. The van der Waals surface area contributed by atoms with Gasteiger partial charge in [0.1, 0.15) is 17.5 Å². The SMILES string of the molecule is CCC(=O)C1(C)C=C(C)C(c2cc3cnc(NC(=O)[C@H]4CC4(F)F)cc3nc2-n2cccn2)=CC1.[HH]. The average Bonchev–Trinajstić information content (AvgIpc) is 3.20. The van der Waals surface area contributed by atoms with Crippen molar-refractivity contribution in [2.24, 2.45) is 11.3 Å². The van der Waals surface area contributed by atoms with Gasteiger partial charge in [0.15, 0.2) is 5.82 Å². The molecule has 2 aliphatic carbocycles. The summed E-state index contributed by atoms with van der Waals surface area (Å²) >= 11 is 0. The maximum absolute atomic E-state index is 13.2. The van der Waals surface area contributed by atoms with Gasteiger partial charge in [0.2, 0.25) is 5.91 Å². The molecule has 35 heavy (non-hydrogen) atoms. The first-order valence-electron chi connectivity index (χ1n) is 11.5. The minimum Gasteiger partial charge on any atom is -0.310 e. The van der Waals surface area contributed by atoms with Gasteiger partial charge in [0.25, 0.3) is 5.92 Å². The fraction of sp³-hybridized carbons (Fsp3) is 0.346. The first-order chi connectivity index (χ1) is 16.6. The number of ketones is 1. The molecule has 1 N–H and O–H groups in total. The van der Waals surface area contributed by atoms with Crippen LogP contribution in [0.4, 0.5) is 14.6 Å². The van der Waals surface area contributed by atoms with Gasteiger partial charge in [-0.05, 0) is 43.5 Å². The highest BCUT2D eigenvalue weighted by molar-refractivity contribution is 5.97. The number of hydrogen-bond acceptors (Lipinski definition) is 5. The largest absolute Gasteiger partial charge is 0.310 e. The van der Waals surface area contributed by atoms with E-state index in [-0.39, 0.29) is 13.0 Å². The van der Waals surface area contributed by atoms with E-state index in [1.54, 1.807) is 35.4 Å². The van der Waals surface area contributed by atoms with Gasteiger partial charge in [-0.25, -0.2) is 23.4 Å². The molecule has 0 spiro atoms. The van der Waals surface area contributed by atoms with Gasteiger partial charge in [0.05, 0.1) is 5.52 Å². The fourth-order valence-electron chi connectivity index (χ4n) is 4.61. The number of carbonyl (C=O) groups is 2. The molecule has 3 aromatic rings. The van der Waals surface area contributed by atoms with Gasteiger partial charge >= 0.3 is 0 Å². The molecule has 0 aliphatic heterocycles. The lowest BCUT2D eigenvalue weighted by Gasteiger charge is -2.29. The summed E-state index contributed by atoms with van der Waals surface area (Å²) in [6, 6.07) is 5.30. The van der Waals surface area contributed by atoms with E-state index in [1.807, 2.05) is 32.9 Å². The van der Waals surface area contributed by atoms with Crippen LogP contribution in [0.15, 0.2) is 54.5 Å². The summed E-state index contributed by atoms with van der Waals surface area (Å²) in [6.45, 7) is 5.81. The minimum atomic E-state index is -2.95. The van der Waals surface area contributed by atoms with Crippen molar-refractivity contribution in [3.63, 3.8) is 0 Å². The Morgan fingerprint density at radius 2 is 2.09 bits per heavy atom. The lowest BCUT2D eigenvalue weighted by atomic mass is 9.74. The van der Waals surface area contributed by atoms with Crippen LogP contribution in [0.1, 0.15) is 47.0 Å². The van der Waals surface area contributed by atoms with Crippen molar-refractivity contribution < 1.29 is 19.8 Å². The molecule has 0 radical (unpaired) electrons. The molecule has 3 heterocycles. The molecule has 1 saturated carbocycles. The Balaban J connectivity index is 0.00000304. The van der Waals surface area contributed by atoms with Crippen molar-refractivity contribution in [2.75, 3.05) is 5.32 Å². The normalized spacial score (nSPS) is 22.9. The first kappa shape index (κ1) is 23.0. The maximum atomic E-state index is 13.2. The number of allylic oxidation sites excluding steroid dienone is 4. The van der Waals surface area contributed by atoms with Crippen LogP contribution < -0.4 is 5.32 Å². The number of fused-ring (bicyclic) bond motifs is 1. The molecule has 1 fully saturated rings. The van der Waals surface area contributed by atoms with Gasteiger partial charge in [-0.3, -0.25) is 9.59 Å². The summed E-state index contributed by atoms with van der Waals surface area (Å²) in [5.74, 6) is -4.07. The van der Waals surface area contributed by atoms with Crippen molar-refractivity contribution in [3.05, 3.63) is 60.1 Å². The summed E-state index contributed by atoms with van der Waals surface area (Å²) in [7, 11) is 0. The Labute approximate surface area is 202 Å². The number of hydrogen-bond donors (Lipinski definition) is 1. The van der Waals surface area contributed by atoms with Crippen LogP contribution in [0.5, 0.6) is 0 Å². The molecule has 9 heteroatoms. The number of alkyl halides is 2. The summed E-state index contributed by atoms with van der Waals surface area (Å²) in [4.78, 5) is 33.7. The number of pyridine rings is 2. The number of aromatic nitrogens is 4. The highest BCUT2D eigenvalue weighted by atomic mass is 19.3. The minimum absolute atomic E-state index is 0. The lowest BCUT2D eigenvalue weighted by Crippen LogP contribution is -2.26. The van der Waals surface area contributed by atoms with Crippen LogP contribution in [-0.4, -0.2) is 37.4 Å². The molecule has 1 amide bonds. The van der Waals surface area contributed by atoms with Gasteiger partial charge in [-0.15, -0.1) is 0 Å². The van der Waals surface area contributed by atoms with E-state index < -0.39 is 29.6 Å². The Bertz CT molecular complexity index is 1420. The Morgan fingerprint density at radius 3 is 2.71 bits per heavy atom. The zero-order valence-corrected chi connectivity index (χ0v) is 19.7. The first-order valence-corrected chi connectivity index (χ1v) is 11.5. The third-order valence-corrected chi connectivity index (χ3v) is 6.73. The van der Waals surface area contributed by atoms with Crippen LogP contribution in [0, 0.1) is 11.3 Å². The van der Waals surface area contributed by atoms with E-state index in [2.05, 4.69) is 21.5 Å². The molecule has 0 aromatic carbocycles. The van der Waals surface area contributed by atoms with E-state index in [4.69, 9.17) is 4.98 Å². The molecular formula is C26H27F2N5O2. The Hall–Kier alpha value is -3.75. The summed E-state index contributed by atoms with van der Waals surface area (Å²) in [5.41, 5.74) is 2.76. The molecule has 1 unspecified atom stereocenters. The van der Waals surface area contributed by atoms with Crippen molar-refractivity contribution in [3.8, 4) is 5.82 Å². The van der Waals surface area contributed by atoms with Crippen LogP contribution in [0.25, 0.3) is 22.3 Å². The highest BCUT2D eigenvalue weighted by Crippen LogP contribution is 2.49. The van der Waals surface area contributed by atoms with Crippen molar-refractivity contribution >= 4 is 34.0 Å². The maximum Gasteiger partial charge on any atom is 0.260 e. The molecule has 2 aliphatic rings. The third kappa shape index (κ3) is 4.15. The van der Waals surface area contributed by atoms with E-state index in [9.17, 15) is 18.4 Å². The van der Waals surface area contributed by atoms with Gasteiger partial charge in [-0.2, -0.15) is 5.10 Å². The van der Waals surface area contributed by atoms with Crippen LogP contribution in [0.3, 0.4) is 0 Å². The average molecular weight is 480 g/mol. The van der Waals surface area contributed by atoms with Crippen LogP contribution in [-0.2, 0) is 9.59 Å². The quantitative estimate of drug-likeness (QED) is 0.513. The van der Waals surface area contributed by atoms with Gasteiger partial charge < -0.3 is 5.32 Å². The zero-order chi connectivity index (χ0) is 25.0. The van der Waals surface area contributed by atoms with E-state index in [1.165, 1.54) is 0 Å². The number of nitrogens with zero attached hydrogens (tertiary/aromatic N) is 4. The number of anilines is 1. The Morgan fingerprint density at radius 1 is 1.31 bits per heavy atom. The number of halogens is 2. The second-order valence-electron chi connectivity index (χ2n) is 9.42. The topological polar surface area (TPSA) is 89.8 Å². The zero-order valence-electron chi connectivity index (χ0n) is 19.7. The predicted molar refractivity (Wildman–Crippen MR) is 130 cm³/mol. The summed E-state index contributed by atoms with van der Waals surface area (Å²) in [5, 5.41) is 7.54.